The van der Waals surface area contributed by atoms with Crippen molar-refractivity contribution in [2.75, 3.05) is 18.0 Å². The van der Waals surface area contributed by atoms with E-state index in [1.54, 1.807) is 12.1 Å². The van der Waals surface area contributed by atoms with Crippen LogP contribution >= 0.6 is 0 Å². The third kappa shape index (κ3) is 3.41. The maximum Gasteiger partial charge on any atom is 0.253 e. The quantitative estimate of drug-likeness (QED) is 0.735. The fourth-order valence-corrected chi connectivity index (χ4v) is 5.38. The summed E-state index contributed by atoms with van der Waals surface area (Å²) >= 11 is 0. The van der Waals surface area contributed by atoms with Crippen LogP contribution in [0.15, 0.2) is 42.5 Å². The molecule has 2 fully saturated rings. The van der Waals surface area contributed by atoms with Gasteiger partial charge in [-0.25, -0.2) is 4.39 Å². The normalized spacial score (nSPS) is 23.6. The summed E-state index contributed by atoms with van der Waals surface area (Å²) in [7, 11) is 0. The molecule has 2 saturated heterocycles. The van der Waals surface area contributed by atoms with Gasteiger partial charge in [0.1, 0.15) is 5.82 Å². The highest BCUT2D eigenvalue weighted by molar-refractivity contribution is 5.94. The molecule has 2 heterocycles. The third-order valence-corrected chi connectivity index (χ3v) is 6.28. The number of hydrogen-bond acceptors (Lipinski definition) is 2. The van der Waals surface area contributed by atoms with Crippen LogP contribution in [0.2, 0.25) is 0 Å². The van der Waals surface area contributed by atoms with Crippen molar-refractivity contribution >= 4 is 11.6 Å². The largest absolute Gasteiger partial charge is 0.363 e. The van der Waals surface area contributed by atoms with Crippen LogP contribution in [0.1, 0.15) is 48.2 Å². The van der Waals surface area contributed by atoms with Gasteiger partial charge in [0.2, 0.25) is 0 Å². The van der Waals surface area contributed by atoms with Crippen LogP contribution in [-0.2, 0) is 0 Å². The molecule has 0 spiro atoms. The first kappa shape index (κ1) is 19.0. The highest BCUT2D eigenvalue weighted by atomic mass is 19.1. The minimum absolute atomic E-state index is 0.0535. The highest BCUT2D eigenvalue weighted by Gasteiger charge is 2.48. The average Bonchev–Trinajstić information content (AvgIpc) is 2.89. The zero-order chi connectivity index (χ0) is 20.1. The molecule has 1 amide bonds. The highest BCUT2D eigenvalue weighted by Crippen LogP contribution is 2.44. The number of anilines is 1. The number of likely N-dealkylation sites (tertiary alicyclic amines) is 1. The molecule has 3 nitrogen and oxygen atoms in total. The lowest BCUT2D eigenvalue weighted by Crippen LogP contribution is -2.50. The number of amides is 1. The molecule has 4 heteroatoms. The van der Waals surface area contributed by atoms with Crippen molar-refractivity contribution < 1.29 is 9.18 Å². The number of aryl methyl sites for hydroxylation is 2. The van der Waals surface area contributed by atoms with E-state index in [2.05, 4.69) is 24.8 Å². The van der Waals surface area contributed by atoms with E-state index in [0.717, 1.165) is 48.3 Å². The molecule has 2 aliphatic heterocycles. The number of fused-ring (bicyclic) bond motifs is 1. The van der Waals surface area contributed by atoms with Gasteiger partial charge in [-0.2, -0.15) is 0 Å². The number of rotatable bonds is 2. The fraction of sp³-hybridized carbons (Fsp3) is 0.458. The lowest BCUT2D eigenvalue weighted by atomic mass is 9.89. The van der Waals surface area contributed by atoms with Gasteiger partial charge < -0.3 is 9.80 Å². The van der Waals surface area contributed by atoms with Gasteiger partial charge in [0, 0.05) is 35.9 Å². The van der Waals surface area contributed by atoms with Crippen LogP contribution in [0, 0.1) is 25.6 Å². The van der Waals surface area contributed by atoms with Gasteiger partial charge in [-0.3, -0.25) is 4.79 Å². The van der Waals surface area contributed by atoms with Crippen LogP contribution < -0.4 is 4.90 Å². The third-order valence-electron chi connectivity index (χ3n) is 6.28. The van der Waals surface area contributed by atoms with E-state index in [1.807, 2.05) is 36.9 Å². The zero-order valence-corrected chi connectivity index (χ0v) is 17.2. The monoisotopic (exact) mass is 380 g/mol. The van der Waals surface area contributed by atoms with Crippen molar-refractivity contribution in [3.63, 3.8) is 0 Å². The maximum absolute atomic E-state index is 13.8. The summed E-state index contributed by atoms with van der Waals surface area (Å²) in [5.74, 6) is 0.341. The lowest BCUT2D eigenvalue weighted by molar-refractivity contribution is 0.0667. The van der Waals surface area contributed by atoms with Crippen molar-refractivity contribution in [1.29, 1.82) is 0 Å². The van der Waals surface area contributed by atoms with Crippen LogP contribution in [-0.4, -0.2) is 35.5 Å². The summed E-state index contributed by atoms with van der Waals surface area (Å²) in [6.07, 6.45) is 1.92. The van der Waals surface area contributed by atoms with Crippen molar-refractivity contribution in [3.8, 4) is 0 Å². The first-order valence-corrected chi connectivity index (χ1v) is 10.2. The first-order valence-electron chi connectivity index (χ1n) is 10.2. The van der Waals surface area contributed by atoms with Crippen LogP contribution in [0.25, 0.3) is 0 Å². The smallest absolute Gasteiger partial charge is 0.253 e. The van der Waals surface area contributed by atoms with Crippen molar-refractivity contribution in [2.24, 2.45) is 5.92 Å². The molecule has 2 aliphatic rings. The first-order chi connectivity index (χ1) is 13.2. The standard InChI is InChI=1S/C24H29FN2O/c1-16-10-17(2)12-18(11-16)23(28)26-9-8-22-19(15-26)14-24(3,4)27(22)21-7-5-6-20(25)13-21/h5-7,10-13,19,22H,8-9,14-15H2,1-4H3/t19-,22+/m1/s1. The Morgan fingerprint density at radius 2 is 1.82 bits per heavy atom. The molecule has 148 valence electrons. The summed E-state index contributed by atoms with van der Waals surface area (Å²) in [5.41, 5.74) is 3.93. The van der Waals surface area contributed by atoms with E-state index in [0.29, 0.717) is 12.0 Å². The van der Waals surface area contributed by atoms with Gasteiger partial charge in [0.25, 0.3) is 5.91 Å². The number of carbonyl (C=O) groups excluding carboxylic acids is 1. The van der Waals surface area contributed by atoms with Crippen LogP contribution in [0.5, 0.6) is 0 Å². The summed E-state index contributed by atoms with van der Waals surface area (Å²) < 4.78 is 13.8. The summed E-state index contributed by atoms with van der Waals surface area (Å²) in [6, 6.07) is 13.3. The second kappa shape index (κ2) is 6.91. The molecule has 2 aromatic rings. The molecule has 0 N–H and O–H groups in total. The van der Waals surface area contributed by atoms with Gasteiger partial charge >= 0.3 is 0 Å². The average molecular weight is 381 g/mol. The zero-order valence-electron chi connectivity index (χ0n) is 17.2. The van der Waals surface area contributed by atoms with Gasteiger partial charge in [0.05, 0.1) is 0 Å². The molecule has 0 radical (unpaired) electrons. The SMILES string of the molecule is Cc1cc(C)cc(C(=O)N2CC[C@H]3[C@@H](C2)CC(C)(C)N3c2cccc(F)c2)c1. The van der Waals surface area contributed by atoms with E-state index in [4.69, 9.17) is 0 Å². The van der Waals surface area contributed by atoms with Gasteiger partial charge in [0.15, 0.2) is 0 Å². The molecule has 0 bridgehead atoms. The minimum Gasteiger partial charge on any atom is -0.363 e. The van der Waals surface area contributed by atoms with Crippen LogP contribution in [0.3, 0.4) is 0 Å². The van der Waals surface area contributed by atoms with Gasteiger partial charge in [-0.05, 0) is 76.8 Å². The summed E-state index contributed by atoms with van der Waals surface area (Å²) in [5, 5.41) is 0. The Hall–Kier alpha value is -2.36. The van der Waals surface area contributed by atoms with E-state index >= 15 is 0 Å². The number of carbonyl (C=O) groups is 1. The van der Waals surface area contributed by atoms with Gasteiger partial charge in [-0.15, -0.1) is 0 Å². The Kier molecular flexibility index (Phi) is 4.68. The second-order valence-corrected chi connectivity index (χ2v) is 9.11. The molecule has 0 unspecified atom stereocenters. The van der Waals surface area contributed by atoms with E-state index in [9.17, 15) is 9.18 Å². The lowest BCUT2D eigenvalue weighted by Gasteiger charge is -2.42. The Morgan fingerprint density at radius 1 is 1.11 bits per heavy atom. The molecule has 2 atom stereocenters. The number of nitrogens with zero attached hydrogens (tertiary/aromatic N) is 2. The number of piperidine rings is 1. The topological polar surface area (TPSA) is 23.6 Å². The Balaban J connectivity index is 1.56. The Bertz CT molecular complexity index is 887. The predicted octanol–water partition coefficient (Wildman–Crippen LogP) is 4.96. The van der Waals surface area contributed by atoms with E-state index < -0.39 is 0 Å². The Labute approximate surface area is 167 Å². The molecular formula is C24H29FN2O. The number of hydrogen-bond donors (Lipinski definition) is 0. The minimum atomic E-state index is -0.195. The predicted molar refractivity (Wildman–Crippen MR) is 111 cm³/mol. The van der Waals surface area contributed by atoms with E-state index in [1.165, 1.54) is 6.07 Å². The van der Waals surface area contributed by atoms with Crippen LogP contribution in [0.4, 0.5) is 10.1 Å². The van der Waals surface area contributed by atoms with Crippen molar-refractivity contribution in [3.05, 3.63) is 65.0 Å². The Morgan fingerprint density at radius 3 is 2.50 bits per heavy atom. The molecular weight excluding hydrogens is 351 g/mol. The molecule has 0 aliphatic carbocycles. The molecule has 0 aromatic heterocycles. The molecule has 4 rings (SSSR count). The van der Waals surface area contributed by atoms with Crippen molar-refractivity contribution in [1.82, 2.24) is 4.90 Å². The van der Waals surface area contributed by atoms with E-state index in [-0.39, 0.29) is 17.3 Å². The molecule has 28 heavy (non-hydrogen) atoms. The summed E-state index contributed by atoms with van der Waals surface area (Å²) in [4.78, 5) is 17.5. The number of halogens is 1. The number of benzene rings is 2. The maximum atomic E-state index is 13.8. The van der Waals surface area contributed by atoms with Crippen molar-refractivity contribution in [2.45, 2.75) is 52.1 Å². The molecule has 2 aromatic carbocycles. The molecule has 0 saturated carbocycles. The second-order valence-electron chi connectivity index (χ2n) is 9.11. The van der Waals surface area contributed by atoms with Gasteiger partial charge in [-0.1, -0.05) is 23.3 Å². The summed E-state index contributed by atoms with van der Waals surface area (Å²) in [6.45, 7) is 10.0. The fourth-order valence-electron chi connectivity index (χ4n) is 5.38.